The van der Waals surface area contributed by atoms with Gasteiger partial charge in [-0.15, -0.1) is 0 Å². The Morgan fingerprint density at radius 1 is 1.24 bits per heavy atom. The molecule has 1 saturated heterocycles. The smallest absolute Gasteiger partial charge is 0.274 e. The summed E-state index contributed by atoms with van der Waals surface area (Å²) in [5.74, 6) is -0.579. The van der Waals surface area contributed by atoms with Gasteiger partial charge in [0.15, 0.2) is 5.69 Å². The maximum Gasteiger partial charge on any atom is 0.274 e. The van der Waals surface area contributed by atoms with Crippen molar-refractivity contribution < 1.29 is 14.0 Å². The number of fused-ring (bicyclic) bond motifs is 1. The fraction of sp³-hybridized carbons (Fsp3) is 0.500. The number of likely N-dealkylation sites (tertiary alicyclic amines) is 1. The molecule has 1 fully saturated rings. The van der Waals surface area contributed by atoms with E-state index in [4.69, 9.17) is 0 Å². The van der Waals surface area contributed by atoms with Crippen LogP contribution in [0.3, 0.4) is 0 Å². The predicted molar refractivity (Wildman–Crippen MR) is 107 cm³/mol. The van der Waals surface area contributed by atoms with E-state index in [0.717, 1.165) is 49.8 Å². The molecule has 29 heavy (non-hydrogen) atoms. The molecular weight excluding hydrogens is 371 g/mol. The van der Waals surface area contributed by atoms with Gasteiger partial charge in [0, 0.05) is 30.9 Å². The summed E-state index contributed by atoms with van der Waals surface area (Å²) in [6.45, 7) is 3.53. The van der Waals surface area contributed by atoms with Crippen LogP contribution in [0.25, 0.3) is 0 Å². The second kappa shape index (κ2) is 8.35. The van der Waals surface area contributed by atoms with Crippen LogP contribution in [0.15, 0.2) is 18.2 Å². The number of piperidine rings is 1. The zero-order valence-electron chi connectivity index (χ0n) is 16.8. The first-order valence-corrected chi connectivity index (χ1v) is 10.4. The topological polar surface area (TPSA) is 78.1 Å². The van der Waals surface area contributed by atoms with Gasteiger partial charge < -0.3 is 10.2 Å². The normalized spacial score (nSPS) is 17.1. The maximum absolute atomic E-state index is 13.9. The molecule has 2 aromatic rings. The van der Waals surface area contributed by atoms with Crippen LogP contribution in [0.1, 0.15) is 63.4 Å². The average Bonchev–Trinajstić information content (AvgIpc) is 3.16. The lowest BCUT2D eigenvalue weighted by Gasteiger charge is -2.32. The van der Waals surface area contributed by atoms with Crippen molar-refractivity contribution in [2.45, 2.75) is 45.4 Å². The van der Waals surface area contributed by atoms with Gasteiger partial charge in [0.1, 0.15) is 5.82 Å². The molecule has 0 saturated carbocycles. The molecule has 2 heterocycles. The van der Waals surface area contributed by atoms with E-state index in [0.29, 0.717) is 30.9 Å². The molecule has 6 nitrogen and oxygen atoms in total. The van der Waals surface area contributed by atoms with E-state index < -0.39 is 5.82 Å². The van der Waals surface area contributed by atoms with Crippen LogP contribution in [-0.4, -0.2) is 46.5 Å². The van der Waals surface area contributed by atoms with Gasteiger partial charge in [-0.1, -0.05) is 12.1 Å². The van der Waals surface area contributed by atoms with E-state index in [1.165, 1.54) is 6.07 Å². The Bertz CT molecular complexity index is 895. The number of aryl methyl sites for hydroxylation is 2. The first-order chi connectivity index (χ1) is 14.0. The summed E-state index contributed by atoms with van der Waals surface area (Å²) >= 11 is 0. The summed E-state index contributed by atoms with van der Waals surface area (Å²) in [6, 6.07) is 4.64. The summed E-state index contributed by atoms with van der Waals surface area (Å²) in [4.78, 5) is 27.1. The van der Waals surface area contributed by atoms with Crippen LogP contribution in [-0.2, 0) is 12.8 Å². The van der Waals surface area contributed by atoms with Crippen molar-refractivity contribution in [3.05, 3.63) is 52.1 Å². The monoisotopic (exact) mass is 398 g/mol. The lowest BCUT2D eigenvalue weighted by Crippen LogP contribution is -2.42. The molecule has 4 rings (SSSR count). The van der Waals surface area contributed by atoms with Crippen molar-refractivity contribution in [2.24, 2.45) is 5.92 Å². The lowest BCUT2D eigenvalue weighted by atomic mass is 9.94. The summed E-state index contributed by atoms with van der Waals surface area (Å²) in [5.41, 5.74) is 3.53. The van der Waals surface area contributed by atoms with Crippen LogP contribution in [0.4, 0.5) is 4.39 Å². The first-order valence-electron chi connectivity index (χ1n) is 10.4. The third kappa shape index (κ3) is 4.04. The van der Waals surface area contributed by atoms with Crippen molar-refractivity contribution in [3.63, 3.8) is 0 Å². The van der Waals surface area contributed by atoms with Gasteiger partial charge in [0.05, 0.1) is 5.56 Å². The van der Waals surface area contributed by atoms with Gasteiger partial charge in [0.2, 0.25) is 0 Å². The van der Waals surface area contributed by atoms with Crippen molar-refractivity contribution in [3.8, 4) is 0 Å². The van der Waals surface area contributed by atoms with E-state index in [2.05, 4.69) is 15.5 Å². The van der Waals surface area contributed by atoms with Gasteiger partial charge in [-0.25, -0.2) is 4.39 Å². The molecule has 7 heteroatoms. The van der Waals surface area contributed by atoms with Gasteiger partial charge >= 0.3 is 0 Å². The number of aromatic nitrogens is 2. The van der Waals surface area contributed by atoms with Gasteiger partial charge in [0.25, 0.3) is 11.8 Å². The summed E-state index contributed by atoms with van der Waals surface area (Å²) in [6.07, 6.45) is 5.77. The van der Waals surface area contributed by atoms with Crippen LogP contribution in [0.2, 0.25) is 0 Å². The fourth-order valence-corrected chi connectivity index (χ4v) is 4.39. The standard InChI is InChI=1S/C22H27FN4O2/c1-14-5-4-7-17(23)19(14)21(28)24-13-15-9-11-27(12-10-15)22(29)20-16-6-2-3-8-18(16)25-26-20/h4-5,7,15H,2-3,6,8-13H2,1H3,(H,24,28)(H,25,26). The van der Waals surface area contributed by atoms with E-state index >= 15 is 0 Å². The van der Waals surface area contributed by atoms with Gasteiger partial charge in [-0.2, -0.15) is 5.10 Å². The number of nitrogens with one attached hydrogen (secondary N) is 2. The Morgan fingerprint density at radius 3 is 2.76 bits per heavy atom. The second-order valence-electron chi connectivity index (χ2n) is 8.11. The minimum absolute atomic E-state index is 0.00821. The van der Waals surface area contributed by atoms with Crippen LogP contribution < -0.4 is 5.32 Å². The molecule has 154 valence electrons. The zero-order chi connectivity index (χ0) is 20.4. The van der Waals surface area contributed by atoms with Gasteiger partial charge in [-0.05, 0) is 63.0 Å². The minimum Gasteiger partial charge on any atom is -0.352 e. The van der Waals surface area contributed by atoms with E-state index in [1.807, 2.05) is 4.90 Å². The molecule has 1 aromatic heterocycles. The summed E-state index contributed by atoms with van der Waals surface area (Å²) in [5, 5.41) is 10.2. The molecule has 0 atom stereocenters. The van der Waals surface area contributed by atoms with Crippen LogP contribution >= 0.6 is 0 Å². The lowest BCUT2D eigenvalue weighted by molar-refractivity contribution is 0.0677. The minimum atomic E-state index is -0.495. The number of H-pyrrole nitrogens is 1. The first kappa shape index (κ1) is 19.6. The molecule has 1 aliphatic carbocycles. The van der Waals surface area contributed by atoms with Crippen molar-refractivity contribution >= 4 is 11.8 Å². The Labute approximate surface area is 169 Å². The van der Waals surface area contributed by atoms with Gasteiger partial charge in [-0.3, -0.25) is 14.7 Å². The second-order valence-corrected chi connectivity index (χ2v) is 8.11. The third-order valence-electron chi connectivity index (χ3n) is 6.16. The number of hydrogen-bond acceptors (Lipinski definition) is 3. The number of halogens is 1. The van der Waals surface area contributed by atoms with Crippen molar-refractivity contribution in [1.29, 1.82) is 0 Å². The molecule has 1 aromatic carbocycles. The Kier molecular flexibility index (Phi) is 5.65. The highest BCUT2D eigenvalue weighted by atomic mass is 19.1. The number of amides is 2. The van der Waals surface area contributed by atoms with E-state index in [-0.39, 0.29) is 23.3 Å². The van der Waals surface area contributed by atoms with E-state index in [1.54, 1.807) is 19.1 Å². The quantitative estimate of drug-likeness (QED) is 0.831. The third-order valence-corrected chi connectivity index (χ3v) is 6.16. The molecule has 2 aliphatic rings. The largest absolute Gasteiger partial charge is 0.352 e. The molecule has 0 bridgehead atoms. The highest BCUT2D eigenvalue weighted by Crippen LogP contribution is 2.25. The number of hydrogen-bond donors (Lipinski definition) is 2. The number of carbonyl (C=O) groups excluding carboxylic acids is 2. The van der Waals surface area contributed by atoms with Crippen LogP contribution in [0, 0.1) is 18.7 Å². The number of carbonyl (C=O) groups is 2. The molecule has 0 radical (unpaired) electrons. The SMILES string of the molecule is Cc1cccc(F)c1C(=O)NCC1CCN(C(=O)c2n[nH]c3c2CCCC3)CC1. The molecule has 2 N–H and O–H groups in total. The summed E-state index contributed by atoms with van der Waals surface area (Å²) < 4.78 is 13.9. The Balaban J connectivity index is 1.30. The molecule has 1 aliphatic heterocycles. The number of nitrogens with zero attached hydrogens (tertiary/aromatic N) is 2. The van der Waals surface area contributed by atoms with Crippen LogP contribution in [0.5, 0.6) is 0 Å². The number of rotatable bonds is 4. The highest BCUT2D eigenvalue weighted by Gasteiger charge is 2.29. The molecule has 0 unspecified atom stereocenters. The fourth-order valence-electron chi connectivity index (χ4n) is 4.39. The van der Waals surface area contributed by atoms with Crippen molar-refractivity contribution in [2.75, 3.05) is 19.6 Å². The molecular formula is C22H27FN4O2. The van der Waals surface area contributed by atoms with E-state index in [9.17, 15) is 14.0 Å². The van der Waals surface area contributed by atoms with Crippen molar-refractivity contribution in [1.82, 2.24) is 20.4 Å². The highest BCUT2D eigenvalue weighted by molar-refractivity contribution is 5.96. The number of aromatic amines is 1. The summed E-state index contributed by atoms with van der Waals surface area (Å²) in [7, 11) is 0. The average molecular weight is 398 g/mol. The molecule has 0 spiro atoms. The Morgan fingerprint density at radius 2 is 2.00 bits per heavy atom. The number of benzene rings is 1. The predicted octanol–water partition coefficient (Wildman–Crippen LogP) is 3.02. The maximum atomic E-state index is 13.9. The zero-order valence-corrected chi connectivity index (χ0v) is 16.8. The molecule has 2 amide bonds. The Hall–Kier alpha value is -2.70.